The van der Waals surface area contributed by atoms with Crippen molar-refractivity contribution in [2.45, 2.75) is 57.8 Å². The van der Waals surface area contributed by atoms with Crippen LogP contribution in [0.3, 0.4) is 0 Å². The summed E-state index contributed by atoms with van der Waals surface area (Å²) in [5.74, 6) is 0. The zero-order valence-corrected chi connectivity index (χ0v) is 10.3. The lowest BCUT2D eigenvalue weighted by Gasteiger charge is -2.25. The number of nitrogens with zero attached hydrogens (tertiary/aromatic N) is 1. The predicted octanol–water partition coefficient (Wildman–Crippen LogP) is 1.59. The van der Waals surface area contributed by atoms with Gasteiger partial charge in [-0.1, -0.05) is 6.92 Å². The highest BCUT2D eigenvalue weighted by Crippen LogP contribution is 2.24. The van der Waals surface area contributed by atoms with Crippen molar-refractivity contribution in [1.29, 1.82) is 0 Å². The Morgan fingerprint density at radius 1 is 1.47 bits per heavy atom. The molecule has 88 valence electrons. The molecule has 0 aromatic carbocycles. The van der Waals surface area contributed by atoms with Crippen LogP contribution < -0.4 is 5.32 Å². The maximum atomic E-state index is 5.79. The van der Waals surface area contributed by atoms with Gasteiger partial charge in [-0.15, -0.1) is 0 Å². The van der Waals surface area contributed by atoms with E-state index >= 15 is 0 Å². The lowest BCUT2D eigenvalue weighted by atomic mass is 10.1. The molecule has 2 aliphatic rings. The van der Waals surface area contributed by atoms with E-state index in [1.54, 1.807) is 0 Å². The molecule has 0 radical (unpaired) electrons. The van der Waals surface area contributed by atoms with Crippen LogP contribution in [0.5, 0.6) is 0 Å². The molecule has 0 aromatic rings. The van der Waals surface area contributed by atoms with Gasteiger partial charge in [-0.2, -0.15) is 0 Å². The van der Waals surface area contributed by atoms with E-state index in [-0.39, 0.29) is 11.8 Å². The smallest absolute Gasteiger partial charge is 0.110 e. The van der Waals surface area contributed by atoms with Crippen LogP contribution in [0.15, 0.2) is 0 Å². The van der Waals surface area contributed by atoms with Crippen LogP contribution in [0.1, 0.15) is 40.0 Å². The molecule has 3 heteroatoms. The number of rotatable bonds is 3. The first-order valence-corrected chi connectivity index (χ1v) is 6.24. The maximum Gasteiger partial charge on any atom is 0.110 e. The molecule has 1 N–H and O–H groups in total. The van der Waals surface area contributed by atoms with Crippen molar-refractivity contribution in [3.63, 3.8) is 0 Å². The van der Waals surface area contributed by atoms with Crippen molar-refractivity contribution >= 4 is 0 Å². The zero-order chi connectivity index (χ0) is 10.9. The Balaban J connectivity index is 1.82. The molecule has 2 fully saturated rings. The summed E-state index contributed by atoms with van der Waals surface area (Å²) in [5, 5.41) is 3.55. The summed E-state index contributed by atoms with van der Waals surface area (Å²) in [6, 6.07) is 0.737. The number of nitrogens with one attached hydrogen (secondary N) is 1. The predicted molar refractivity (Wildman–Crippen MR) is 61.8 cm³/mol. The third kappa shape index (κ3) is 2.71. The fraction of sp³-hybridized carbons (Fsp3) is 1.00. The molecule has 2 saturated heterocycles. The molecule has 0 spiro atoms. The van der Waals surface area contributed by atoms with Gasteiger partial charge in [0.15, 0.2) is 0 Å². The molecule has 0 amide bonds. The van der Waals surface area contributed by atoms with Crippen molar-refractivity contribution < 1.29 is 4.74 Å². The fourth-order valence-corrected chi connectivity index (χ4v) is 2.78. The Labute approximate surface area is 93.2 Å². The Hall–Kier alpha value is -0.120. The Morgan fingerprint density at radius 3 is 2.87 bits per heavy atom. The van der Waals surface area contributed by atoms with Crippen molar-refractivity contribution in [3.8, 4) is 0 Å². The minimum atomic E-state index is 0.167. The van der Waals surface area contributed by atoms with Crippen LogP contribution in [-0.4, -0.2) is 42.4 Å². The highest BCUT2D eigenvalue weighted by molar-refractivity contribution is 4.88. The molecule has 2 aliphatic heterocycles. The van der Waals surface area contributed by atoms with Crippen molar-refractivity contribution in [2.75, 3.05) is 19.7 Å². The minimum Gasteiger partial charge on any atom is -0.361 e. The largest absolute Gasteiger partial charge is 0.361 e. The summed E-state index contributed by atoms with van der Waals surface area (Å²) in [6.45, 7) is 9.97. The van der Waals surface area contributed by atoms with E-state index in [9.17, 15) is 0 Å². The van der Waals surface area contributed by atoms with Gasteiger partial charge in [0, 0.05) is 18.0 Å². The molecule has 3 nitrogen and oxygen atoms in total. The van der Waals surface area contributed by atoms with E-state index in [0.29, 0.717) is 0 Å². The number of hydrogen-bond acceptors (Lipinski definition) is 3. The molecule has 2 rings (SSSR count). The van der Waals surface area contributed by atoms with Crippen LogP contribution in [-0.2, 0) is 4.74 Å². The molecule has 0 aliphatic carbocycles. The van der Waals surface area contributed by atoms with E-state index in [4.69, 9.17) is 4.74 Å². The number of likely N-dealkylation sites (tertiary alicyclic amines) is 1. The molecule has 0 bridgehead atoms. The van der Waals surface area contributed by atoms with Crippen molar-refractivity contribution in [3.05, 3.63) is 0 Å². The molecular weight excluding hydrogens is 188 g/mol. The second kappa shape index (κ2) is 4.40. The standard InChI is InChI=1S/C12H24N2O/c1-4-14-7-5-6-10(14)8-11-13-12(2,3)9-15-11/h10-11,13H,4-9H2,1-3H3. The molecule has 0 saturated carbocycles. The summed E-state index contributed by atoms with van der Waals surface area (Å²) < 4.78 is 5.79. The van der Waals surface area contributed by atoms with Crippen LogP contribution >= 0.6 is 0 Å². The third-order valence-corrected chi connectivity index (χ3v) is 3.59. The van der Waals surface area contributed by atoms with E-state index in [1.165, 1.54) is 25.9 Å². The van der Waals surface area contributed by atoms with Gasteiger partial charge in [-0.3, -0.25) is 5.32 Å². The van der Waals surface area contributed by atoms with Gasteiger partial charge < -0.3 is 9.64 Å². The molecule has 2 unspecified atom stereocenters. The second-order valence-corrected chi connectivity index (χ2v) is 5.49. The molecule has 0 aromatic heterocycles. The van der Waals surface area contributed by atoms with Gasteiger partial charge >= 0.3 is 0 Å². The van der Waals surface area contributed by atoms with E-state index in [1.807, 2.05) is 0 Å². The Kier molecular flexibility index (Phi) is 3.33. The fourth-order valence-electron chi connectivity index (χ4n) is 2.78. The first-order chi connectivity index (χ1) is 7.11. The molecule has 2 heterocycles. The first kappa shape index (κ1) is 11.4. The highest BCUT2D eigenvalue weighted by Gasteiger charge is 2.34. The lowest BCUT2D eigenvalue weighted by Crippen LogP contribution is -2.42. The summed E-state index contributed by atoms with van der Waals surface area (Å²) in [7, 11) is 0. The van der Waals surface area contributed by atoms with Gasteiger partial charge in [0.25, 0.3) is 0 Å². The number of hydrogen-bond donors (Lipinski definition) is 1. The van der Waals surface area contributed by atoms with E-state index in [0.717, 1.165) is 19.1 Å². The van der Waals surface area contributed by atoms with E-state index < -0.39 is 0 Å². The van der Waals surface area contributed by atoms with Crippen molar-refractivity contribution in [2.24, 2.45) is 0 Å². The maximum absolute atomic E-state index is 5.79. The van der Waals surface area contributed by atoms with Crippen LogP contribution in [0, 0.1) is 0 Å². The van der Waals surface area contributed by atoms with Crippen LogP contribution in [0.25, 0.3) is 0 Å². The van der Waals surface area contributed by atoms with Gasteiger partial charge in [0.2, 0.25) is 0 Å². The average molecular weight is 212 g/mol. The monoisotopic (exact) mass is 212 g/mol. The van der Waals surface area contributed by atoms with Crippen LogP contribution in [0.2, 0.25) is 0 Å². The average Bonchev–Trinajstić information content (AvgIpc) is 2.73. The molecule has 2 atom stereocenters. The van der Waals surface area contributed by atoms with Gasteiger partial charge in [0.1, 0.15) is 6.23 Å². The topological polar surface area (TPSA) is 24.5 Å². The Bertz CT molecular complexity index is 218. The second-order valence-electron chi connectivity index (χ2n) is 5.49. The van der Waals surface area contributed by atoms with Crippen LogP contribution in [0.4, 0.5) is 0 Å². The zero-order valence-electron chi connectivity index (χ0n) is 10.3. The van der Waals surface area contributed by atoms with E-state index in [2.05, 4.69) is 31.0 Å². The normalized spacial score (nSPS) is 36.2. The minimum absolute atomic E-state index is 0.167. The SMILES string of the molecule is CCN1CCCC1CC1NC(C)(C)CO1. The summed E-state index contributed by atoms with van der Waals surface area (Å²) >= 11 is 0. The summed E-state index contributed by atoms with van der Waals surface area (Å²) in [6.07, 6.45) is 4.12. The van der Waals surface area contributed by atoms with Gasteiger partial charge in [-0.25, -0.2) is 0 Å². The number of ether oxygens (including phenoxy) is 1. The third-order valence-electron chi connectivity index (χ3n) is 3.59. The summed E-state index contributed by atoms with van der Waals surface area (Å²) in [5.41, 5.74) is 0.167. The van der Waals surface area contributed by atoms with Gasteiger partial charge in [0.05, 0.1) is 6.61 Å². The van der Waals surface area contributed by atoms with Crippen molar-refractivity contribution in [1.82, 2.24) is 10.2 Å². The highest BCUT2D eigenvalue weighted by atomic mass is 16.5. The molecule has 15 heavy (non-hydrogen) atoms. The van der Waals surface area contributed by atoms with Gasteiger partial charge in [-0.05, 0) is 39.8 Å². The Morgan fingerprint density at radius 2 is 2.27 bits per heavy atom. The molecular formula is C12H24N2O. The lowest BCUT2D eigenvalue weighted by molar-refractivity contribution is 0.0691. The quantitative estimate of drug-likeness (QED) is 0.769. The first-order valence-electron chi connectivity index (χ1n) is 6.24. The summed E-state index contributed by atoms with van der Waals surface area (Å²) in [4.78, 5) is 2.58.